The molecule has 0 aliphatic carbocycles. The number of hydrogen-bond acceptors (Lipinski definition) is 1. The van der Waals surface area contributed by atoms with Crippen molar-refractivity contribution in [2.24, 2.45) is 0 Å². The zero-order valence-corrected chi connectivity index (χ0v) is 3.56. The van der Waals surface area contributed by atoms with Gasteiger partial charge in [-0.1, -0.05) is 6.92 Å². The summed E-state index contributed by atoms with van der Waals surface area (Å²) in [7, 11) is 0. The molecule has 0 aliphatic rings. The molecule has 1 N–H and O–H groups in total. The van der Waals surface area contributed by atoms with E-state index in [0.29, 0.717) is 6.42 Å². The molecule has 0 fully saturated rings. The maximum atomic E-state index is 9.49. The first-order valence-electron chi connectivity index (χ1n) is 1.74. The third kappa shape index (κ3) is 3.47. The van der Waals surface area contributed by atoms with Gasteiger partial charge in [0.15, 0.2) is 0 Å². The van der Waals surface area contributed by atoms with E-state index in [-0.39, 0.29) is 0 Å². The molecule has 0 unspecified atom stereocenters. The quantitative estimate of drug-likeness (QED) is 0.533. The lowest BCUT2D eigenvalue weighted by Gasteiger charge is -1.78. The van der Waals surface area contributed by atoms with Gasteiger partial charge in [0.25, 0.3) is 0 Å². The van der Waals surface area contributed by atoms with Crippen molar-refractivity contribution >= 4 is 5.97 Å². The summed E-state index contributed by atoms with van der Waals surface area (Å²) in [6, 6.07) is 0. The summed E-state index contributed by atoms with van der Waals surface area (Å²) in [6.07, 6.45) is 2.61. The highest BCUT2D eigenvalue weighted by atomic mass is 16.4. The molecule has 0 saturated carbocycles. The zero-order valence-electron chi connectivity index (χ0n) is 3.56. The third-order valence-electron chi connectivity index (χ3n) is 0.328. The van der Waals surface area contributed by atoms with Crippen molar-refractivity contribution in [1.82, 2.24) is 0 Å². The molecule has 6 heavy (non-hydrogen) atoms. The minimum Gasteiger partial charge on any atom is -0.481 e. The summed E-state index contributed by atoms with van der Waals surface area (Å²) in [5.41, 5.74) is 0. The summed E-state index contributed by atoms with van der Waals surface area (Å²) < 4.78 is 0. The van der Waals surface area contributed by atoms with Crippen LogP contribution in [0.25, 0.3) is 0 Å². The van der Waals surface area contributed by atoms with Crippen molar-refractivity contribution in [3.8, 4) is 0 Å². The van der Waals surface area contributed by atoms with Crippen LogP contribution in [-0.4, -0.2) is 11.1 Å². The van der Waals surface area contributed by atoms with Gasteiger partial charge in [-0.3, -0.25) is 4.79 Å². The smallest absolute Gasteiger partial charge is 0.312 e. The van der Waals surface area contributed by atoms with Gasteiger partial charge in [-0.2, -0.15) is 0 Å². The van der Waals surface area contributed by atoms with Gasteiger partial charge in [0.2, 0.25) is 0 Å². The van der Waals surface area contributed by atoms with Crippen LogP contribution < -0.4 is 0 Å². The first-order valence-corrected chi connectivity index (χ1v) is 1.74. The number of carboxylic acids is 1. The van der Waals surface area contributed by atoms with Gasteiger partial charge in [-0.15, -0.1) is 0 Å². The van der Waals surface area contributed by atoms with Crippen molar-refractivity contribution in [3.05, 3.63) is 6.42 Å². The molecule has 0 heterocycles. The molecule has 0 saturated heterocycles. The van der Waals surface area contributed by atoms with Gasteiger partial charge in [0, 0.05) is 0 Å². The molecule has 0 aromatic rings. The van der Waals surface area contributed by atoms with E-state index in [4.69, 9.17) is 5.11 Å². The van der Waals surface area contributed by atoms with Crippen LogP contribution in [0.2, 0.25) is 0 Å². The lowest BCUT2D eigenvalue weighted by Crippen LogP contribution is -1.91. The van der Waals surface area contributed by atoms with Crippen molar-refractivity contribution in [1.29, 1.82) is 0 Å². The minimum atomic E-state index is -0.961. The van der Waals surface area contributed by atoms with Crippen LogP contribution in [0, 0.1) is 6.42 Å². The van der Waals surface area contributed by atoms with Crippen molar-refractivity contribution in [2.45, 2.75) is 13.3 Å². The van der Waals surface area contributed by atoms with Crippen molar-refractivity contribution in [3.63, 3.8) is 0 Å². The fraction of sp³-hybridized carbons (Fsp3) is 0.500. The fourth-order valence-corrected chi connectivity index (χ4v) is 0.151. The number of carbonyl (C=O) groups is 1. The first kappa shape index (κ1) is 5.47. The van der Waals surface area contributed by atoms with Gasteiger partial charge in [-0.25, -0.2) is 0 Å². The van der Waals surface area contributed by atoms with Crippen LogP contribution in [-0.2, 0) is 4.79 Å². The fourth-order valence-electron chi connectivity index (χ4n) is 0.151. The van der Waals surface area contributed by atoms with E-state index in [0.717, 1.165) is 0 Å². The van der Waals surface area contributed by atoms with E-state index >= 15 is 0 Å². The summed E-state index contributed by atoms with van der Waals surface area (Å²) in [5.74, 6) is -0.961. The highest BCUT2D eigenvalue weighted by Gasteiger charge is 1.89. The molecule has 2 nitrogen and oxygen atoms in total. The highest BCUT2D eigenvalue weighted by molar-refractivity contribution is 5.76. The Morgan fingerprint density at radius 1 is 2.00 bits per heavy atom. The second-order valence-corrected chi connectivity index (χ2v) is 0.835. The Labute approximate surface area is 36.8 Å². The van der Waals surface area contributed by atoms with Crippen molar-refractivity contribution in [2.75, 3.05) is 0 Å². The van der Waals surface area contributed by atoms with Crippen molar-refractivity contribution < 1.29 is 9.90 Å². The molecule has 2 radical (unpaired) electrons. The lowest BCUT2D eigenvalue weighted by molar-refractivity contribution is -0.133. The molecule has 0 atom stereocenters. The number of carboxylic acid groups (broad SMARTS) is 1. The Kier molecular flexibility index (Phi) is 2.46. The monoisotopic (exact) mass is 86.0 g/mol. The van der Waals surface area contributed by atoms with Gasteiger partial charge in [0.1, 0.15) is 6.42 Å². The first-order chi connectivity index (χ1) is 2.77. The van der Waals surface area contributed by atoms with Crippen LogP contribution in [0.3, 0.4) is 0 Å². The molecule has 2 heteroatoms. The van der Waals surface area contributed by atoms with Crippen LogP contribution >= 0.6 is 0 Å². The highest BCUT2D eigenvalue weighted by Crippen LogP contribution is 1.79. The topological polar surface area (TPSA) is 37.3 Å². The SMILES string of the molecule is CC[C]C(=O)O. The molecule has 0 spiro atoms. The Balaban J connectivity index is 2.83. The standard InChI is InChI=1S/C4H6O2/c1-2-3-4(5)6/h2H2,1H3,(H,5,6). The van der Waals surface area contributed by atoms with E-state index in [9.17, 15) is 4.79 Å². The zero-order chi connectivity index (χ0) is 4.99. The average Bonchev–Trinajstić information content (AvgIpc) is 1.35. The third-order valence-corrected chi connectivity index (χ3v) is 0.328. The molecule has 0 aromatic carbocycles. The Morgan fingerprint density at radius 3 is 2.50 bits per heavy atom. The summed E-state index contributed by atoms with van der Waals surface area (Å²) in [6.45, 7) is 1.73. The van der Waals surface area contributed by atoms with Crippen LogP contribution in [0.4, 0.5) is 0 Å². The maximum Gasteiger partial charge on any atom is 0.312 e. The van der Waals surface area contributed by atoms with E-state index in [1.54, 1.807) is 6.92 Å². The molecular formula is C4H6O2. The number of rotatable bonds is 2. The molecule has 0 amide bonds. The average molecular weight is 86.1 g/mol. The second-order valence-electron chi connectivity index (χ2n) is 0.835. The van der Waals surface area contributed by atoms with Gasteiger partial charge >= 0.3 is 5.97 Å². The molecular weight excluding hydrogens is 80.0 g/mol. The number of hydrogen-bond donors (Lipinski definition) is 1. The van der Waals surface area contributed by atoms with E-state index in [1.165, 1.54) is 0 Å². The molecule has 0 aliphatic heterocycles. The maximum absolute atomic E-state index is 9.49. The van der Waals surface area contributed by atoms with Gasteiger partial charge in [-0.05, 0) is 6.42 Å². The normalized spacial score (nSPS) is 8.17. The summed E-state index contributed by atoms with van der Waals surface area (Å²) in [4.78, 5) is 9.49. The summed E-state index contributed by atoms with van der Waals surface area (Å²) >= 11 is 0. The van der Waals surface area contributed by atoms with Crippen LogP contribution in [0.1, 0.15) is 13.3 Å². The largest absolute Gasteiger partial charge is 0.481 e. The second kappa shape index (κ2) is 2.69. The molecule has 0 aromatic heterocycles. The van der Waals surface area contributed by atoms with Gasteiger partial charge in [0.05, 0.1) is 0 Å². The lowest BCUT2D eigenvalue weighted by atomic mass is 10.4. The molecule has 0 bridgehead atoms. The van der Waals surface area contributed by atoms with E-state index in [1.807, 2.05) is 0 Å². The molecule has 34 valence electrons. The van der Waals surface area contributed by atoms with E-state index in [2.05, 4.69) is 6.42 Å². The Bertz CT molecular complexity index is 49.5. The summed E-state index contributed by atoms with van der Waals surface area (Å²) in [5, 5.41) is 7.80. The van der Waals surface area contributed by atoms with E-state index < -0.39 is 5.97 Å². The Hall–Kier alpha value is -0.530. The van der Waals surface area contributed by atoms with Crippen LogP contribution in [0.15, 0.2) is 0 Å². The molecule has 0 rings (SSSR count). The van der Waals surface area contributed by atoms with Gasteiger partial charge < -0.3 is 5.11 Å². The van der Waals surface area contributed by atoms with Crippen LogP contribution in [0.5, 0.6) is 0 Å². The Morgan fingerprint density at radius 2 is 2.50 bits per heavy atom. The minimum absolute atomic E-state index is 0.481. The predicted octanol–water partition coefficient (Wildman–Crippen LogP) is 0.562. The number of aliphatic carboxylic acids is 1. The predicted molar refractivity (Wildman–Crippen MR) is 21.2 cm³/mol.